The molecule has 4 rings (SSSR count). The molecule has 0 spiro atoms. The van der Waals surface area contributed by atoms with Gasteiger partial charge in [0.2, 0.25) is 0 Å². The fraction of sp³-hybridized carbons (Fsp3) is 0.150. The van der Waals surface area contributed by atoms with Crippen LogP contribution in [0.4, 0.5) is 10.8 Å². The standard InChI is InChI=1S/C20H16ClN3O3S/c1-10-18(25)22-15-9-12(7-8-16(15)27-10)17-11(2)28-20(23-17)24-19(26)13-5-3-4-6-14(13)21/h3-10H,1-2H3,(H,22,25)(H,23,24,26). The molecule has 8 heteroatoms. The van der Waals surface area contributed by atoms with Crippen LogP contribution in [0.1, 0.15) is 22.2 Å². The Morgan fingerprint density at radius 3 is 2.86 bits per heavy atom. The predicted octanol–water partition coefficient (Wildman–Crippen LogP) is 4.74. The number of amides is 2. The van der Waals surface area contributed by atoms with Crippen molar-refractivity contribution in [3.63, 3.8) is 0 Å². The quantitative estimate of drug-likeness (QED) is 0.649. The van der Waals surface area contributed by atoms with E-state index in [1.165, 1.54) is 11.3 Å². The van der Waals surface area contributed by atoms with Crippen molar-refractivity contribution < 1.29 is 14.3 Å². The summed E-state index contributed by atoms with van der Waals surface area (Å²) in [5, 5.41) is 6.49. The maximum absolute atomic E-state index is 12.5. The van der Waals surface area contributed by atoms with Gasteiger partial charge in [0.05, 0.1) is 22.0 Å². The predicted molar refractivity (Wildman–Crippen MR) is 110 cm³/mol. The summed E-state index contributed by atoms with van der Waals surface area (Å²) in [5.74, 6) is 0.120. The summed E-state index contributed by atoms with van der Waals surface area (Å²) in [4.78, 5) is 29.8. The molecule has 1 atom stereocenters. The molecular formula is C20H16ClN3O3S. The van der Waals surface area contributed by atoms with Crippen LogP contribution in [-0.4, -0.2) is 22.9 Å². The van der Waals surface area contributed by atoms with E-state index in [0.717, 1.165) is 16.1 Å². The van der Waals surface area contributed by atoms with Gasteiger partial charge in [-0.1, -0.05) is 23.7 Å². The molecule has 0 saturated carbocycles. The average molecular weight is 414 g/mol. The topological polar surface area (TPSA) is 80.3 Å². The number of ether oxygens (including phenoxy) is 1. The number of hydrogen-bond donors (Lipinski definition) is 2. The van der Waals surface area contributed by atoms with Crippen LogP contribution >= 0.6 is 22.9 Å². The van der Waals surface area contributed by atoms with Crippen LogP contribution in [-0.2, 0) is 4.79 Å². The maximum atomic E-state index is 12.5. The lowest BCUT2D eigenvalue weighted by atomic mass is 10.1. The van der Waals surface area contributed by atoms with Gasteiger partial charge in [-0.05, 0) is 44.2 Å². The highest BCUT2D eigenvalue weighted by atomic mass is 35.5. The van der Waals surface area contributed by atoms with Gasteiger partial charge in [-0.2, -0.15) is 0 Å². The molecule has 0 bridgehead atoms. The Balaban J connectivity index is 1.60. The Morgan fingerprint density at radius 1 is 1.29 bits per heavy atom. The molecule has 0 saturated heterocycles. The van der Waals surface area contributed by atoms with Crippen LogP contribution in [0, 0.1) is 6.92 Å². The molecule has 1 unspecified atom stereocenters. The zero-order chi connectivity index (χ0) is 19.8. The minimum absolute atomic E-state index is 0.188. The first kappa shape index (κ1) is 18.5. The molecule has 2 amide bonds. The smallest absolute Gasteiger partial charge is 0.265 e. The highest BCUT2D eigenvalue weighted by molar-refractivity contribution is 7.16. The van der Waals surface area contributed by atoms with E-state index in [2.05, 4.69) is 15.6 Å². The highest BCUT2D eigenvalue weighted by Crippen LogP contribution is 2.37. The maximum Gasteiger partial charge on any atom is 0.265 e. The number of nitrogens with zero attached hydrogens (tertiary/aromatic N) is 1. The van der Waals surface area contributed by atoms with Crippen molar-refractivity contribution in [2.45, 2.75) is 20.0 Å². The molecule has 3 aromatic rings. The zero-order valence-corrected chi connectivity index (χ0v) is 16.6. The Labute approximate surface area is 170 Å². The number of carbonyl (C=O) groups is 2. The van der Waals surface area contributed by atoms with Crippen LogP contribution in [0.15, 0.2) is 42.5 Å². The molecule has 1 aliphatic heterocycles. The number of anilines is 2. The van der Waals surface area contributed by atoms with Crippen molar-refractivity contribution >= 4 is 45.6 Å². The van der Waals surface area contributed by atoms with Crippen LogP contribution in [0.2, 0.25) is 5.02 Å². The van der Waals surface area contributed by atoms with E-state index in [4.69, 9.17) is 16.3 Å². The van der Waals surface area contributed by atoms with Crippen LogP contribution in [0.25, 0.3) is 11.3 Å². The first-order valence-electron chi connectivity index (χ1n) is 8.57. The first-order valence-corrected chi connectivity index (χ1v) is 9.77. The average Bonchev–Trinajstić information content (AvgIpc) is 3.02. The van der Waals surface area contributed by atoms with E-state index >= 15 is 0 Å². The number of hydrogen-bond acceptors (Lipinski definition) is 5. The van der Waals surface area contributed by atoms with E-state index in [9.17, 15) is 9.59 Å². The van der Waals surface area contributed by atoms with Crippen LogP contribution < -0.4 is 15.4 Å². The van der Waals surface area contributed by atoms with Gasteiger partial charge in [0, 0.05) is 10.4 Å². The van der Waals surface area contributed by atoms with Gasteiger partial charge in [0.15, 0.2) is 11.2 Å². The van der Waals surface area contributed by atoms with Gasteiger partial charge < -0.3 is 10.1 Å². The summed E-state index contributed by atoms with van der Waals surface area (Å²) in [6, 6.07) is 12.4. The molecular weight excluding hydrogens is 398 g/mol. The van der Waals surface area contributed by atoms with E-state index in [0.29, 0.717) is 27.2 Å². The monoisotopic (exact) mass is 413 g/mol. The van der Waals surface area contributed by atoms with Gasteiger partial charge in [-0.25, -0.2) is 4.98 Å². The molecule has 1 aliphatic rings. The van der Waals surface area contributed by atoms with Crippen molar-refractivity contribution in [3.8, 4) is 17.0 Å². The minimum Gasteiger partial charge on any atom is -0.479 e. The van der Waals surface area contributed by atoms with Crippen LogP contribution in [0.5, 0.6) is 5.75 Å². The Morgan fingerprint density at radius 2 is 2.07 bits per heavy atom. The van der Waals surface area contributed by atoms with Gasteiger partial charge in [0.1, 0.15) is 5.75 Å². The SMILES string of the molecule is Cc1sc(NC(=O)c2ccccc2Cl)nc1-c1ccc2c(c1)NC(=O)C(C)O2. The fourth-order valence-corrected chi connectivity index (χ4v) is 3.94. The summed E-state index contributed by atoms with van der Waals surface area (Å²) in [7, 11) is 0. The molecule has 6 nitrogen and oxygen atoms in total. The lowest BCUT2D eigenvalue weighted by Crippen LogP contribution is -2.34. The number of nitrogens with one attached hydrogen (secondary N) is 2. The second kappa shape index (κ2) is 7.26. The number of thiazole rings is 1. The summed E-state index contributed by atoms with van der Waals surface area (Å²) >= 11 is 7.45. The number of rotatable bonds is 3. The highest BCUT2D eigenvalue weighted by Gasteiger charge is 2.24. The normalized spacial score (nSPS) is 15.4. The number of benzene rings is 2. The van der Waals surface area contributed by atoms with Gasteiger partial charge in [-0.15, -0.1) is 11.3 Å². The number of aryl methyl sites for hydroxylation is 1. The molecule has 2 aromatic carbocycles. The Kier molecular flexibility index (Phi) is 4.78. The van der Waals surface area contributed by atoms with Crippen molar-refractivity contribution in [2.24, 2.45) is 0 Å². The van der Waals surface area contributed by atoms with Gasteiger partial charge >= 0.3 is 0 Å². The minimum atomic E-state index is -0.522. The van der Waals surface area contributed by atoms with Crippen molar-refractivity contribution in [3.05, 3.63) is 57.9 Å². The zero-order valence-electron chi connectivity index (χ0n) is 15.1. The lowest BCUT2D eigenvalue weighted by molar-refractivity contribution is -0.122. The third-order valence-electron chi connectivity index (χ3n) is 4.32. The van der Waals surface area contributed by atoms with Crippen LogP contribution in [0.3, 0.4) is 0 Å². The molecule has 0 radical (unpaired) electrons. The summed E-state index contributed by atoms with van der Waals surface area (Å²) in [6.45, 7) is 3.62. The van der Waals surface area contributed by atoms with Gasteiger partial charge in [-0.3, -0.25) is 14.9 Å². The Hall–Kier alpha value is -2.90. The summed E-state index contributed by atoms with van der Waals surface area (Å²) in [5.41, 5.74) is 2.55. The van der Waals surface area contributed by atoms with E-state index in [1.807, 2.05) is 19.1 Å². The number of fused-ring (bicyclic) bond motifs is 1. The third kappa shape index (κ3) is 3.46. The second-order valence-electron chi connectivity index (χ2n) is 6.32. The second-order valence-corrected chi connectivity index (χ2v) is 7.93. The van der Waals surface area contributed by atoms with E-state index in [-0.39, 0.29) is 11.8 Å². The van der Waals surface area contributed by atoms with E-state index < -0.39 is 6.10 Å². The van der Waals surface area contributed by atoms with Crippen molar-refractivity contribution in [1.82, 2.24) is 4.98 Å². The Bertz CT molecular complexity index is 1100. The third-order valence-corrected chi connectivity index (χ3v) is 5.54. The molecule has 28 heavy (non-hydrogen) atoms. The molecule has 2 N–H and O–H groups in total. The first-order chi connectivity index (χ1) is 13.4. The number of carbonyl (C=O) groups excluding carboxylic acids is 2. The van der Waals surface area contributed by atoms with Crippen molar-refractivity contribution in [2.75, 3.05) is 10.6 Å². The van der Waals surface area contributed by atoms with E-state index in [1.54, 1.807) is 37.3 Å². The van der Waals surface area contributed by atoms with Gasteiger partial charge in [0.25, 0.3) is 11.8 Å². The summed E-state index contributed by atoms with van der Waals surface area (Å²) in [6.07, 6.45) is -0.522. The molecule has 142 valence electrons. The molecule has 0 aliphatic carbocycles. The lowest BCUT2D eigenvalue weighted by Gasteiger charge is -2.23. The molecule has 1 aromatic heterocycles. The number of halogens is 1. The fourth-order valence-electron chi connectivity index (χ4n) is 2.88. The summed E-state index contributed by atoms with van der Waals surface area (Å²) < 4.78 is 5.58. The molecule has 0 fully saturated rings. The van der Waals surface area contributed by atoms with Crippen molar-refractivity contribution in [1.29, 1.82) is 0 Å². The molecule has 2 heterocycles. The largest absolute Gasteiger partial charge is 0.479 e. The number of aromatic nitrogens is 1.